The third-order valence-corrected chi connectivity index (χ3v) is 5.83. The van der Waals surface area contributed by atoms with Crippen LogP contribution in [0.3, 0.4) is 0 Å². The lowest BCUT2D eigenvalue weighted by Gasteiger charge is -2.21. The van der Waals surface area contributed by atoms with Gasteiger partial charge in [0.2, 0.25) is 10.0 Å². The normalized spacial score (nSPS) is 23.9. The van der Waals surface area contributed by atoms with Gasteiger partial charge in [0, 0.05) is 19.0 Å². The van der Waals surface area contributed by atoms with Gasteiger partial charge in [-0.05, 0) is 37.5 Å². The van der Waals surface area contributed by atoms with Crippen LogP contribution in [0, 0.1) is 11.8 Å². The Morgan fingerprint density at radius 3 is 2.59 bits per heavy atom. The van der Waals surface area contributed by atoms with Crippen LogP contribution in [0.1, 0.15) is 39.5 Å². The molecule has 1 aliphatic heterocycles. The van der Waals surface area contributed by atoms with E-state index >= 15 is 0 Å². The monoisotopic (exact) mass is 281 g/mol. The topological polar surface area (TPSA) is 37.4 Å². The van der Waals surface area contributed by atoms with Gasteiger partial charge >= 0.3 is 0 Å². The van der Waals surface area contributed by atoms with Gasteiger partial charge in [0.15, 0.2) is 0 Å². The highest BCUT2D eigenvalue weighted by atomic mass is 35.5. The average Bonchev–Trinajstić information content (AvgIpc) is 2.52. The first kappa shape index (κ1) is 15.3. The molecule has 0 saturated carbocycles. The maximum absolute atomic E-state index is 12.0. The van der Waals surface area contributed by atoms with E-state index in [2.05, 4.69) is 13.8 Å². The summed E-state index contributed by atoms with van der Waals surface area (Å²) in [7, 11) is -3.07. The van der Waals surface area contributed by atoms with Crippen LogP contribution < -0.4 is 0 Å². The number of nitrogens with zero attached hydrogens (tertiary/aromatic N) is 1. The van der Waals surface area contributed by atoms with Crippen molar-refractivity contribution >= 4 is 21.6 Å². The first-order valence-electron chi connectivity index (χ1n) is 6.51. The van der Waals surface area contributed by atoms with E-state index in [4.69, 9.17) is 11.6 Å². The Labute approximate surface area is 111 Å². The summed E-state index contributed by atoms with van der Waals surface area (Å²) in [6, 6.07) is 0. The van der Waals surface area contributed by atoms with Gasteiger partial charge in [-0.25, -0.2) is 12.7 Å². The van der Waals surface area contributed by atoms with E-state index in [1.165, 1.54) is 0 Å². The van der Waals surface area contributed by atoms with Crippen LogP contribution in [0.15, 0.2) is 0 Å². The highest BCUT2D eigenvalue weighted by molar-refractivity contribution is 7.89. The van der Waals surface area contributed by atoms with E-state index in [0.29, 0.717) is 37.2 Å². The molecule has 1 rings (SSSR count). The second-order valence-corrected chi connectivity index (χ2v) is 7.66. The van der Waals surface area contributed by atoms with Gasteiger partial charge in [-0.15, -0.1) is 11.6 Å². The molecule has 1 heterocycles. The molecule has 0 bridgehead atoms. The molecule has 1 saturated heterocycles. The van der Waals surface area contributed by atoms with Crippen LogP contribution in [0.4, 0.5) is 0 Å². The molecule has 1 unspecified atom stereocenters. The van der Waals surface area contributed by atoms with Crippen molar-refractivity contribution in [3.05, 3.63) is 0 Å². The van der Waals surface area contributed by atoms with Crippen molar-refractivity contribution in [1.29, 1.82) is 0 Å². The summed E-state index contributed by atoms with van der Waals surface area (Å²) in [6.45, 7) is 5.83. The zero-order valence-corrected chi connectivity index (χ0v) is 12.4. The Morgan fingerprint density at radius 1 is 1.29 bits per heavy atom. The zero-order chi connectivity index (χ0) is 12.9. The first-order chi connectivity index (χ1) is 7.97. The maximum Gasteiger partial charge on any atom is 0.214 e. The van der Waals surface area contributed by atoms with E-state index in [1.807, 2.05) is 0 Å². The Balaban J connectivity index is 2.56. The van der Waals surface area contributed by atoms with Crippen molar-refractivity contribution in [2.75, 3.05) is 24.7 Å². The molecule has 0 aliphatic carbocycles. The molecule has 0 radical (unpaired) electrons. The molecule has 0 aromatic carbocycles. The van der Waals surface area contributed by atoms with E-state index in [0.717, 1.165) is 19.3 Å². The molecule has 1 atom stereocenters. The maximum atomic E-state index is 12.0. The second-order valence-electron chi connectivity index (χ2n) is 5.19. The standard InChI is InChI=1S/C12H24ClNO2S/c1-11(2)12-5-3-8-14(9-6-12)17(15,16)10-4-7-13/h11-12H,3-10H2,1-2H3. The van der Waals surface area contributed by atoms with Crippen molar-refractivity contribution in [2.45, 2.75) is 39.5 Å². The summed E-state index contributed by atoms with van der Waals surface area (Å²) >= 11 is 5.56. The van der Waals surface area contributed by atoms with Crippen molar-refractivity contribution in [2.24, 2.45) is 11.8 Å². The van der Waals surface area contributed by atoms with E-state index in [9.17, 15) is 8.42 Å². The minimum Gasteiger partial charge on any atom is -0.212 e. The Kier molecular flexibility index (Phi) is 6.24. The van der Waals surface area contributed by atoms with Crippen LogP contribution in [-0.4, -0.2) is 37.4 Å². The van der Waals surface area contributed by atoms with Crippen LogP contribution in [0.25, 0.3) is 0 Å². The van der Waals surface area contributed by atoms with E-state index in [1.54, 1.807) is 4.31 Å². The number of hydrogen-bond donors (Lipinski definition) is 0. The zero-order valence-electron chi connectivity index (χ0n) is 10.9. The Hall–Kier alpha value is 0.200. The van der Waals surface area contributed by atoms with E-state index in [-0.39, 0.29) is 5.75 Å². The highest BCUT2D eigenvalue weighted by Crippen LogP contribution is 2.25. The summed E-state index contributed by atoms with van der Waals surface area (Å²) < 4.78 is 25.8. The fourth-order valence-electron chi connectivity index (χ4n) is 2.41. The molecular weight excluding hydrogens is 258 g/mol. The van der Waals surface area contributed by atoms with Crippen LogP contribution in [0.5, 0.6) is 0 Å². The molecule has 5 heteroatoms. The second kappa shape index (κ2) is 6.95. The molecule has 0 amide bonds. The summed E-state index contributed by atoms with van der Waals surface area (Å²) in [5.41, 5.74) is 0. The fourth-order valence-corrected chi connectivity index (χ4v) is 4.26. The van der Waals surface area contributed by atoms with Crippen LogP contribution in [-0.2, 0) is 10.0 Å². The fraction of sp³-hybridized carbons (Fsp3) is 1.00. The number of hydrogen-bond acceptors (Lipinski definition) is 2. The molecule has 1 fully saturated rings. The smallest absolute Gasteiger partial charge is 0.212 e. The molecule has 0 spiro atoms. The lowest BCUT2D eigenvalue weighted by molar-refractivity contribution is 0.340. The van der Waals surface area contributed by atoms with Crippen LogP contribution in [0.2, 0.25) is 0 Å². The predicted octanol–water partition coefficient (Wildman–Crippen LogP) is 2.70. The summed E-state index contributed by atoms with van der Waals surface area (Å²) in [4.78, 5) is 0. The molecule has 0 N–H and O–H groups in total. The van der Waals surface area contributed by atoms with Crippen molar-refractivity contribution in [3.63, 3.8) is 0 Å². The average molecular weight is 282 g/mol. The lowest BCUT2D eigenvalue weighted by Crippen LogP contribution is -2.34. The predicted molar refractivity (Wildman–Crippen MR) is 72.9 cm³/mol. The third kappa shape index (κ3) is 4.76. The highest BCUT2D eigenvalue weighted by Gasteiger charge is 2.26. The Bertz CT molecular complexity index is 316. The number of sulfonamides is 1. The molecule has 1 aliphatic rings. The van der Waals surface area contributed by atoms with Gasteiger partial charge < -0.3 is 0 Å². The molecule has 0 aromatic heterocycles. The number of alkyl halides is 1. The van der Waals surface area contributed by atoms with E-state index < -0.39 is 10.0 Å². The molecule has 0 aromatic rings. The SMILES string of the molecule is CC(C)C1CCCN(S(=O)(=O)CCCCl)CC1. The van der Waals surface area contributed by atoms with Gasteiger partial charge in [0.1, 0.15) is 0 Å². The van der Waals surface area contributed by atoms with Gasteiger partial charge in [-0.3, -0.25) is 0 Å². The summed E-state index contributed by atoms with van der Waals surface area (Å²) in [6.07, 6.45) is 3.69. The first-order valence-corrected chi connectivity index (χ1v) is 8.65. The largest absolute Gasteiger partial charge is 0.214 e. The van der Waals surface area contributed by atoms with Crippen molar-refractivity contribution < 1.29 is 8.42 Å². The Morgan fingerprint density at radius 2 is 2.00 bits per heavy atom. The molecular formula is C12H24ClNO2S. The van der Waals surface area contributed by atoms with Gasteiger partial charge in [0.25, 0.3) is 0 Å². The third-order valence-electron chi connectivity index (χ3n) is 3.60. The van der Waals surface area contributed by atoms with Crippen molar-refractivity contribution in [1.82, 2.24) is 4.31 Å². The summed E-state index contributed by atoms with van der Waals surface area (Å²) in [5, 5.41) is 0. The minimum atomic E-state index is -3.07. The van der Waals surface area contributed by atoms with Gasteiger partial charge in [-0.2, -0.15) is 0 Å². The van der Waals surface area contributed by atoms with Crippen molar-refractivity contribution in [3.8, 4) is 0 Å². The molecule has 3 nitrogen and oxygen atoms in total. The summed E-state index contributed by atoms with van der Waals surface area (Å²) in [5.74, 6) is 1.94. The number of rotatable bonds is 5. The van der Waals surface area contributed by atoms with Gasteiger partial charge in [0.05, 0.1) is 5.75 Å². The van der Waals surface area contributed by atoms with Crippen LogP contribution >= 0.6 is 11.6 Å². The lowest BCUT2D eigenvalue weighted by atomic mass is 9.89. The minimum absolute atomic E-state index is 0.197. The molecule has 102 valence electrons. The quantitative estimate of drug-likeness (QED) is 0.727. The molecule has 17 heavy (non-hydrogen) atoms. The van der Waals surface area contributed by atoms with Gasteiger partial charge in [-0.1, -0.05) is 13.8 Å². The number of halogens is 1.